The van der Waals surface area contributed by atoms with Gasteiger partial charge in [0, 0.05) is 36.3 Å². The lowest BCUT2D eigenvalue weighted by molar-refractivity contribution is 0.521. The Labute approximate surface area is 133 Å². The molecule has 2 aromatic heterocycles. The van der Waals surface area contributed by atoms with E-state index in [1.54, 1.807) is 11.3 Å². The van der Waals surface area contributed by atoms with Gasteiger partial charge in [0.1, 0.15) is 0 Å². The molecule has 7 heteroatoms. The van der Waals surface area contributed by atoms with Gasteiger partial charge in [-0.25, -0.2) is 9.97 Å². The van der Waals surface area contributed by atoms with Crippen molar-refractivity contribution in [2.24, 2.45) is 0 Å². The Morgan fingerprint density at radius 1 is 1.50 bits per heavy atom. The van der Waals surface area contributed by atoms with E-state index in [0.29, 0.717) is 12.0 Å². The van der Waals surface area contributed by atoms with Crippen LogP contribution in [-0.2, 0) is 6.42 Å². The number of piperidine rings is 1. The molecular weight excluding hydrogens is 298 g/mol. The second-order valence-electron chi connectivity index (χ2n) is 5.64. The van der Waals surface area contributed by atoms with Crippen molar-refractivity contribution in [1.82, 2.24) is 15.0 Å². The largest absolute Gasteiger partial charge is 0.357 e. The minimum atomic E-state index is -0.0925. The van der Waals surface area contributed by atoms with Crippen molar-refractivity contribution < 1.29 is 0 Å². The molecule has 0 saturated carbocycles. The fourth-order valence-corrected chi connectivity index (χ4v) is 3.58. The molecular formula is C15H21N5OS. The van der Waals surface area contributed by atoms with Crippen LogP contribution in [0.15, 0.2) is 16.2 Å². The fraction of sp³-hybridized carbons (Fsp3) is 0.533. The Hall–Kier alpha value is -1.89. The third-order valence-electron chi connectivity index (χ3n) is 3.82. The Morgan fingerprint density at radius 3 is 3.09 bits per heavy atom. The van der Waals surface area contributed by atoms with Crippen LogP contribution in [0.2, 0.25) is 0 Å². The first kappa shape index (κ1) is 15.0. The highest BCUT2D eigenvalue weighted by Crippen LogP contribution is 2.21. The number of H-pyrrole nitrogens is 1. The van der Waals surface area contributed by atoms with Gasteiger partial charge < -0.3 is 10.2 Å². The molecule has 0 aliphatic carbocycles. The topological polar surface area (TPSA) is 73.9 Å². The molecule has 3 heterocycles. The van der Waals surface area contributed by atoms with Gasteiger partial charge in [-0.1, -0.05) is 6.92 Å². The van der Waals surface area contributed by atoms with Gasteiger partial charge in [-0.3, -0.25) is 9.78 Å². The number of hydrogen-bond acceptors (Lipinski definition) is 6. The number of hydrogen-bond donors (Lipinski definition) is 2. The molecule has 0 aromatic carbocycles. The summed E-state index contributed by atoms with van der Waals surface area (Å²) in [5.74, 6) is 0.671. The molecule has 1 aliphatic heterocycles. The molecule has 118 valence electrons. The Bertz CT molecular complexity index is 695. The molecule has 1 saturated heterocycles. The predicted molar refractivity (Wildman–Crippen MR) is 89.9 cm³/mol. The van der Waals surface area contributed by atoms with Gasteiger partial charge in [0.05, 0.1) is 5.69 Å². The molecule has 0 spiro atoms. The third-order valence-corrected chi connectivity index (χ3v) is 4.64. The summed E-state index contributed by atoms with van der Waals surface area (Å²) in [6.45, 7) is 5.71. The number of thiazole rings is 1. The van der Waals surface area contributed by atoms with Crippen LogP contribution in [-0.4, -0.2) is 34.1 Å². The van der Waals surface area contributed by atoms with E-state index < -0.39 is 0 Å². The number of aromatic amines is 1. The number of aromatic nitrogens is 3. The average molecular weight is 319 g/mol. The molecule has 2 aromatic rings. The monoisotopic (exact) mass is 319 g/mol. The van der Waals surface area contributed by atoms with Crippen LogP contribution in [0.5, 0.6) is 0 Å². The third kappa shape index (κ3) is 3.47. The standard InChI is InChI=1S/C15H21N5OS/c1-3-11-9-22-15(17-11)18-12-5-4-6-20(8-12)14-16-10(2)7-13(21)19-14/h7,9,12H,3-6,8H2,1-2H3,(H,17,18)(H,16,19,21). The molecule has 1 aliphatic rings. The van der Waals surface area contributed by atoms with Gasteiger partial charge in [0.15, 0.2) is 5.13 Å². The molecule has 1 atom stereocenters. The molecule has 1 unspecified atom stereocenters. The summed E-state index contributed by atoms with van der Waals surface area (Å²) in [4.78, 5) is 25.6. The van der Waals surface area contributed by atoms with Crippen molar-refractivity contribution in [3.63, 3.8) is 0 Å². The van der Waals surface area contributed by atoms with Gasteiger partial charge in [-0.2, -0.15) is 0 Å². The number of nitrogens with one attached hydrogen (secondary N) is 2. The summed E-state index contributed by atoms with van der Waals surface area (Å²) in [5, 5.41) is 6.59. The maximum absolute atomic E-state index is 11.6. The van der Waals surface area contributed by atoms with E-state index in [4.69, 9.17) is 0 Å². The highest BCUT2D eigenvalue weighted by atomic mass is 32.1. The van der Waals surface area contributed by atoms with E-state index in [-0.39, 0.29) is 5.56 Å². The Morgan fingerprint density at radius 2 is 2.36 bits per heavy atom. The van der Waals surface area contributed by atoms with Crippen molar-refractivity contribution >= 4 is 22.4 Å². The van der Waals surface area contributed by atoms with Crippen molar-refractivity contribution in [2.45, 2.75) is 39.2 Å². The second-order valence-corrected chi connectivity index (χ2v) is 6.50. The quantitative estimate of drug-likeness (QED) is 0.903. The first-order chi connectivity index (χ1) is 10.6. The first-order valence-corrected chi connectivity index (χ1v) is 8.56. The highest BCUT2D eigenvalue weighted by Gasteiger charge is 2.22. The minimum absolute atomic E-state index is 0.0925. The van der Waals surface area contributed by atoms with E-state index in [0.717, 1.165) is 48.9 Å². The minimum Gasteiger partial charge on any atom is -0.357 e. The molecule has 2 N–H and O–H groups in total. The zero-order valence-corrected chi connectivity index (χ0v) is 13.7. The van der Waals surface area contributed by atoms with E-state index >= 15 is 0 Å². The summed E-state index contributed by atoms with van der Waals surface area (Å²) in [6.07, 6.45) is 3.14. The van der Waals surface area contributed by atoms with Crippen molar-refractivity contribution in [3.05, 3.63) is 33.2 Å². The van der Waals surface area contributed by atoms with Gasteiger partial charge in [0.2, 0.25) is 5.95 Å². The van der Waals surface area contributed by atoms with E-state index in [9.17, 15) is 4.79 Å². The number of anilines is 2. The SMILES string of the molecule is CCc1csc(NC2CCCN(c3nc(C)cc(=O)[nH]3)C2)n1. The zero-order valence-electron chi connectivity index (χ0n) is 12.9. The van der Waals surface area contributed by atoms with Crippen molar-refractivity contribution in [1.29, 1.82) is 0 Å². The van der Waals surface area contributed by atoms with Crippen LogP contribution in [0.3, 0.4) is 0 Å². The number of rotatable bonds is 4. The molecule has 6 nitrogen and oxygen atoms in total. The van der Waals surface area contributed by atoms with Gasteiger partial charge in [-0.05, 0) is 26.2 Å². The summed E-state index contributed by atoms with van der Waals surface area (Å²) in [5.41, 5.74) is 1.79. The van der Waals surface area contributed by atoms with Crippen LogP contribution in [0.4, 0.5) is 11.1 Å². The fourth-order valence-electron chi connectivity index (χ4n) is 2.71. The molecule has 22 heavy (non-hydrogen) atoms. The van der Waals surface area contributed by atoms with Gasteiger partial charge in [0.25, 0.3) is 5.56 Å². The Kier molecular flexibility index (Phi) is 4.42. The lowest BCUT2D eigenvalue weighted by Crippen LogP contribution is -2.43. The smallest absolute Gasteiger partial charge is 0.252 e. The number of aryl methyl sites for hydroxylation is 2. The van der Waals surface area contributed by atoms with Crippen LogP contribution < -0.4 is 15.8 Å². The summed E-state index contributed by atoms with van der Waals surface area (Å²) in [6, 6.07) is 1.85. The van der Waals surface area contributed by atoms with Crippen LogP contribution >= 0.6 is 11.3 Å². The molecule has 0 bridgehead atoms. The van der Waals surface area contributed by atoms with E-state index in [1.807, 2.05) is 6.92 Å². The maximum atomic E-state index is 11.6. The highest BCUT2D eigenvalue weighted by molar-refractivity contribution is 7.13. The van der Waals surface area contributed by atoms with Crippen molar-refractivity contribution in [2.75, 3.05) is 23.3 Å². The molecule has 1 fully saturated rings. The van der Waals surface area contributed by atoms with Crippen LogP contribution in [0.1, 0.15) is 31.2 Å². The second kappa shape index (κ2) is 6.48. The zero-order chi connectivity index (χ0) is 15.5. The maximum Gasteiger partial charge on any atom is 0.252 e. The summed E-state index contributed by atoms with van der Waals surface area (Å²) >= 11 is 1.66. The Balaban J connectivity index is 1.69. The summed E-state index contributed by atoms with van der Waals surface area (Å²) < 4.78 is 0. The number of nitrogens with zero attached hydrogens (tertiary/aromatic N) is 3. The van der Waals surface area contributed by atoms with Crippen LogP contribution in [0.25, 0.3) is 0 Å². The predicted octanol–water partition coefficient (Wildman–Crippen LogP) is 2.18. The van der Waals surface area contributed by atoms with Crippen LogP contribution in [0, 0.1) is 6.92 Å². The molecule has 0 amide bonds. The first-order valence-electron chi connectivity index (χ1n) is 7.68. The molecule has 0 radical (unpaired) electrons. The van der Waals surface area contributed by atoms with E-state index in [1.165, 1.54) is 6.07 Å². The lowest BCUT2D eigenvalue weighted by Gasteiger charge is -2.33. The molecule has 3 rings (SSSR count). The lowest BCUT2D eigenvalue weighted by atomic mass is 10.1. The van der Waals surface area contributed by atoms with Gasteiger partial charge >= 0.3 is 0 Å². The summed E-state index contributed by atoms with van der Waals surface area (Å²) in [7, 11) is 0. The van der Waals surface area contributed by atoms with Crippen molar-refractivity contribution in [3.8, 4) is 0 Å². The normalized spacial score (nSPS) is 18.5. The van der Waals surface area contributed by atoms with E-state index in [2.05, 4.69) is 37.5 Å². The van der Waals surface area contributed by atoms with Gasteiger partial charge in [-0.15, -0.1) is 11.3 Å². The average Bonchev–Trinajstić information content (AvgIpc) is 2.94.